The quantitative estimate of drug-likeness (QED) is 0.552. The number of carbonyl (C=O) groups excluding carboxylic acids is 1. The molecule has 0 bridgehead atoms. The Morgan fingerprint density at radius 2 is 2.00 bits per heavy atom. The van der Waals surface area contributed by atoms with Crippen molar-refractivity contribution in [2.45, 2.75) is 32.0 Å². The first-order valence-electron chi connectivity index (χ1n) is 7.14. The molecule has 0 saturated carbocycles. The maximum absolute atomic E-state index is 12.2. The van der Waals surface area contributed by atoms with Gasteiger partial charge in [0.2, 0.25) is 5.91 Å². The smallest absolute Gasteiger partial charge is 0.226 e. The van der Waals surface area contributed by atoms with Crippen LogP contribution in [0.4, 0.5) is 0 Å². The van der Waals surface area contributed by atoms with Crippen molar-refractivity contribution in [1.82, 2.24) is 4.90 Å². The average molecular weight is 243 g/mol. The van der Waals surface area contributed by atoms with Crippen LogP contribution in [0.25, 0.3) is 0 Å². The van der Waals surface area contributed by atoms with E-state index < -0.39 is 0 Å². The molecule has 2 nitrogen and oxygen atoms in total. The molecule has 1 aromatic carbocycles. The molecular weight excluding hydrogens is 221 g/mol. The lowest BCUT2D eigenvalue weighted by atomic mass is 9.98. The van der Waals surface area contributed by atoms with Gasteiger partial charge >= 0.3 is 0 Å². The molecule has 0 spiro atoms. The van der Waals surface area contributed by atoms with Crippen LogP contribution in [0.5, 0.6) is 0 Å². The summed E-state index contributed by atoms with van der Waals surface area (Å²) in [7, 11) is 2.20. The maximum atomic E-state index is 12.2. The maximum Gasteiger partial charge on any atom is 0.226 e. The second-order valence-corrected chi connectivity index (χ2v) is 5.21. The molecule has 1 saturated heterocycles. The summed E-state index contributed by atoms with van der Waals surface area (Å²) < 4.78 is 0. The number of likely N-dealkylation sites (tertiary alicyclic amines) is 1. The van der Waals surface area contributed by atoms with E-state index in [2.05, 4.69) is 24.9 Å². The minimum atomic E-state index is 0.217. The topological polar surface area (TPSA) is 20.3 Å². The van der Waals surface area contributed by atoms with E-state index in [1.54, 1.807) is 0 Å². The molecule has 1 aliphatic heterocycles. The van der Waals surface area contributed by atoms with Gasteiger partial charge in [0.25, 0.3) is 0 Å². The number of rotatable bonds is 6. The van der Waals surface area contributed by atoms with Crippen molar-refractivity contribution in [3.05, 3.63) is 35.9 Å². The Labute approximate surface area is 111 Å². The minimum Gasteiger partial charge on any atom is -0.342 e. The molecule has 1 heterocycles. The normalized spacial score (nSPS) is 19.4. The molecule has 96 valence electrons. The summed E-state index contributed by atoms with van der Waals surface area (Å²) in [5.41, 5.74) is 1.28. The Hall–Kier alpha value is -1.25. The minimum absolute atomic E-state index is 0.217. The standard InChI is InChI=1S/C15H22BNO/c16-9-4-5-10-17-11-8-14(15(17)18)12-13-6-2-1-3-7-13/h1-3,6-7,14H,4-5,8-12,16H2. The predicted octanol–water partition coefficient (Wildman–Crippen LogP) is 1.91. The van der Waals surface area contributed by atoms with E-state index in [1.807, 2.05) is 18.2 Å². The second kappa shape index (κ2) is 6.62. The highest BCUT2D eigenvalue weighted by molar-refractivity contribution is 6.08. The van der Waals surface area contributed by atoms with Gasteiger partial charge in [-0.15, -0.1) is 0 Å². The first-order valence-corrected chi connectivity index (χ1v) is 7.14. The number of unbranched alkanes of at least 4 members (excludes halogenated alkanes) is 1. The van der Waals surface area contributed by atoms with Crippen molar-refractivity contribution in [3.8, 4) is 0 Å². The highest BCUT2D eigenvalue weighted by Gasteiger charge is 2.30. The molecule has 0 radical (unpaired) electrons. The molecule has 1 aromatic rings. The molecule has 1 aliphatic rings. The van der Waals surface area contributed by atoms with Gasteiger partial charge in [-0.05, 0) is 24.8 Å². The fourth-order valence-corrected chi connectivity index (χ4v) is 2.67. The number of hydrogen-bond donors (Lipinski definition) is 0. The predicted molar refractivity (Wildman–Crippen MR) is 77.4 cm³/mol. The largest absolute Gasteiger partial charge is 0.342 e. The van der Waals surface area contributed by atoms with Crippen molar-refractivity contribution in [2.24, 2.45) is 5.92 Å². The molecule has 1 amide bonds. The van der Waals surface area contributed by atoms with Crippen LogP contribution in [0, 0.1) is 5.92 Å². The monoisotopic (exact) mass is 243 g/mol. The number of benzene rings is 1. The Bertz CT molecular complexity index is 379. The Kier molecular flexibility index (Phi) is 4.86. The van der Waals surface area contributed by atoms with E-state index in [1.165, 1.54) is 18.3 Å². The molecule has 0 N–H and O–H groups in total. The summed E-state index contributed by atoms with van der Waals surface area (Å²) in [6.45, 7) is 1.91. The summed E-state index contributed by atoms with van der Waals surface area (Å²) in [6.07, 6.45) is 5.53. The Morgan fingerprint density at radius 1 is 1.22 bits per heavy atom. The van der Waals surface area contributed by atoms with E-state index >= 15 is 0 Å². The van der Waals surface area contributed by atoms with Gasteiger partial charge in [-0.3, -0.25) is 4.79 Å². The molecule has 3 heteroatoms. The molecule has 18 heavy (non-hydrogen) atoms. The molecule has 0 aliphatic carbocycles. The first kappa shape index (κ1) is 13.2. The van der Waals surface area contributed by atoms with Gasteiger partial charge in [-0.25, -0.2) is 0 Å². The third-order valence-electron chi connectivity index (χ3n) is 3.76. The Morgan fingerprint density at radius 3 is 2.72 bits per heavy atom. The van der Waals surface area contributed by atoms with Crippen LogP contribution in [0.2, 0.25) is 6.32 Å². The van der Waals surface area contributed by atoms with Gasteiger partial charge in [-0.2, -0.15) is 0 Å². The van der Waals surface area contributed by atoms with Gasteiger partial charge in [-0.1, -0.05) is 43.1 Å². The van der Waals surface area contributed by atoms with Crippen LogP contribution in [0.15, 0.2) is 30.3 Å². The highest BCUT2D eigenvalue weighted by atomic mass is 16.2. The molecule has 2 rings (SSSR count). The van der Waals surface area contributed by atoms with E-state index in [0.29, 0.717) is 5.91 Å². The third-order valence-corrected chi connectivity index (χ3v) is 3.76. The zero-order chi connectivity index (χ0) is 12.8. The summed E-state index contributed by atoms with van der Waals surface area (Å²) >= 11 is 0. The van der Waals surface area contributed by atoms with E-state index in [9.17, 15) is 4.79 Å². The van der Waals surface area contributed by atoms with Gasteiger partial charge in [0.1, 0.15) is 7.85 Å². The lowest BCUT2D eigenvalue weighted by Gasteiger charge is -2.16. The average Bonchev–Trinajstić information content (AvgIpc) is 2.73. The SMILES string of the molecule is BCCCCN1CCC(Cc2ccccc2)C1=O. The number of nitrogens with zero attached hydrogens (tertiary/aromatic N) is 1. The summed E-state index contributed by atoms with van der Waals surface area (Å²) in [5, 5.41) is 0. The van der Waals surface area contributed by atoms with Gasteiger partial charge in [0, 0.05) is 19.0 Å². The molecule has 0 aromatic heterocycles. The van der Waals surface area contributed by atoms with E-state index in [-0.39, 0.29) is 5.92 Å². The van der Waals surface area contributed by atoms with Crippen molar-refractivity contribution in [2.75, 3.05) is 13.1 Å². The van der Waals surface area contributed by atoms with Gasteiger partial charge < -0.3 is 4.90 Å². The van der Waals surface area contributed by atoms with Crippen LogP contribution < -0.4 is 0 Å². The summed E-state index contributed by atoms with van der Waals surface area (Å²) in [6, 6.07) is 10.4. The highest BCUT2D eigenvalue weighted by Crippen LogP contribution is 2.22. The third kappa shape index (κ3) is 3.38. The van der Waals surface area contributed by atoms with Crippen molar-refractivity contribution in [3.63, 3.8) is 0 Å². The number of hydrogen-bond acceptors (Lipinski definition) is 1. The van der Waals surface area contributed by atoms with Crippen LogP contribution in [0.3, 0.4) is 0 Å². The van der Waals surface area contributed by atoms with Gasteiger partial charge in [0.15, 0.2) is 0 Å². The zero-order valence-electron chi connectivity index (χ0n) is 11.3. The fourth-order valence-electron chi connectivity index (χ4n) is 2.67. The molecular formula is C15H22BNO. The lowest BCUT2D eigenvalue weighted by molar-refractivity contribution is -0.131. The molecule has 1 fully saturated rings. The van der Waals surface area contributed by atoms with Gasteiger partial charge in [0.05, 0.1) is 0 Å². The van der Waals surface area contributed by atoms with Crippen LogP contribution in [0.1, 0.15) is 24.8 Å². The lowest BCUT2D eigenvalue weighted by Crippen LogP contribution is -2.29. The Balaban J connectivity index is 1.83. The van der Waals surface area contributed by atoms with Crippen LogP contribution >= 0.6 is 0 Å². The van der Waals surface area contributed by atoms with Crippen molar-refractivity contribution < 1.29 is 4.79 Å². The molecule has 1 unspecified atom stereocenters. The van der Waals surface area contributed by atoms with Crippen molar-refractivity contribution in [1.29, 1.82) is 0 Å². The second-order valence-electron chi connectivity index (χ2n) is 5.21. The number of carbonyl (C=O) groups is 1. The first-order chi connectivity index (χ1) is 8.81. The van der Waals surface area contributed by atoms with E-state index in [0.717, 1.165) is 32.4 Å². The molecule has 1 atom stereocenters. The fraction of sp³-hybridized carbons (Fsp3) is 0.533. The summed E-state index contributed by atoms with van der Waals surface area (Å²) in [4.78, 5) is 14.3. The number of amides is 1. The van der Waals surface area contributed by atoms with Crippen LogP contribution in [-0.2, 0) is 11.2 Å². The van der Waals surface area contributed by atoms with E-state index in [4.69, 9.17) is 0 Å². The summed E-state index contributed by atoms with van der Waals surface area (Å²) in [5.74, 6) is 0.587. The van der Waals surface area contributed by atoms with Crippen molar-refractivity contribution >= 4 is 13.8 Å². The zero-order valence-corrected chi connectivity index (χ0v) is 11.3. The van der Waals surface area contributed by atoms with Crippen LogP contribution in [-0.4, -0.2) is 31.7 Å².